The largest absolute Gasteiger partial charge is 0.462 e. The second-order valence-electron chi connectivity index (χ2n) is 4.36. The summed E-state index contributed by atoms with van der Waals surface area (Å²) in [6.07, 6.45) is 0. The van der Waals surface area contributed by atoms with Crippen LogP contribution in [0.5, 0.6) is 0 Å². The number of carbonyl (C=O) groups is 1. The quantitative estimate of drug-likeness (QED) is 0.684. The molecule has 0 unspecified atom stereocenters. The Balaban J connectivity index is 2.34. The number of hydrogen-bond donors (Lipinski definition) is 1. The van der Waals surface area contributed by atoms with Crippen LogP contribution in [-0.4, -0.2) is 12.6 Å². The summed E-state index contributed by atoms with van der Waals surface area (Å²) in [6, 6.07) is 13.4. The van der Waals surface area contributed by atoms with Crippen LogP contribution in [0, 0.1) is 6.92 Å². The predicted octanol–water partition coefficient (Wildman–Crippen LogP) is 3.91. The summed E-state index contributed by atoms with van der Waals surface area (Å²) in [6.45, 7) is 4.18. The second-order valence-corrected chi connectivity index (χ2v) is 5.44. The van der Waals surface area contributed by atoms with Crippen molar-refractivity contribution in [3.05, 3.63) is 53.6 Å². The highest BCUT2D eigenvalue weighted by atomic mass is 32.2. The summed E-state index contributed by atoms with van der Waals surface area (Å²) in [7, 11) is 0. The number of anilines is 1. The maximum absolute atomic E-state index is 12.0. The zero-order valence-electron chi connectivity index (χ0n) is 11.6. The van der Waals surface area contributed by atoms with Crippen LogP contribution in [0.15, 0.2) is 52.3 Å². The van der Waals surface area contributed by atoms with E-state index in [-0.39, 0.29) is 5.97 Å². The number of nitrogen functional groups attached to an aromatic ring is 1. The molecule has 0 aliphatic heterocycles. The van der Waals surface area contributed by atoms with E-state index in [1.165, 1.54) is 17.3 Å². The summed E-state index contributed by atoms with van der Waals surface area (Å²) in [5, 5.41) is 0. The Morgan fingerprint density at radius 1 is 1.20 bits per heavy atom. The Morgan fingerprint density at radius 3 is 2.55 bits per heavy atom. The number of rotatable bonds is 4. The number of esters is 1. The van der Waals surface area contributed by atoms with Crippen molar-refractivity contribution in [1.29, 1.82) is 0 Å². The van der Waals surface area contributed by atoms with Crippen LogP contribution in [0.1, 0.15) is 22.8 Å². The Hall–Kier alpha value is -1.94. The smallest absolute Gasteiger partial charge is 0.339 e. The maximum Gasteiger partial charge on any atom is 0.339 e. The number of ether oxygens (including phenoxy) is 1. The van der Waals surface area contributed by atoms with Gasteiger partial charge in [0.25, 0.3) is 0 Å². The van der Waals surface area contributed by atoms with Gasteiger partial charge in [0.05, 0.1) is 12.2 Å². The third-order valence-electron chi connectivity index (χ3n) is 2.78. The van der Waals surface area contributed by atoms with Gasteiger partial charge in [-0.15, -0.1) is 0 Å². The van der Waals surface area contributed by atoms with Crippen molar-refractivity contribution >= 4 is 23.4 Å². The van der Waals surface area contributed by atoms with Gasteiger partial charge in [-0.1, -0.05) is 35.5 Å². The highest BCUT2D eigenvalue weighted by Crippen LogP contribution is 2.35. The molecule has 0 amide bonds. The van der Waals surface area contributed by atoms with Crippen LogP contribution in [0.4, 0.5) is 5.69 Å². The molecule has 0 aliphatic carbocycles. The van der Waals surface area contributed by atoms with Gasteiger partial charge in [-0.3, -0.25) is 0 Å². The zero-order chi connectivity index (χ0) is 14.5. The molecule has 4 heteroatoms. The molecule has 2 N–H and O–H groups in total. The molecule has 104 valence electrons. The molecule has 2 aromatic carbocycles. The normalized spacial score (nSPS) is 10.3. The minimum atomic E-state index is -0.339. The van der Waals surface area contributed by atoms with E-state index in [1.807, 2.05) is 31.2 Å². The molecule has 0 aromatic heterocycles. The summed E-state index contributed by atoms with van der Waals surface area (Å²) in [5.41, 5.74) is 8.30. The summed E-state index contributed by atoms with van der Waals surface area (Å²) in [5.74, 6) is -0.339. The van der Waals surface area contributed by atoms with Crippen LogP contribution in [-0.2, 0) is 4.74 Å². The van der Waals surface area contributed by atoms with Crippen molar-refractivity contribution in [2.75, 3.05) is 12.3 Å². The van der Waals surface area contributed by atoms with Crippen LogP contribution in [0.2, 0.25) is 0 Å². The second kappa shape index (κ2) is 6.48. The van der Waals surface area contributed by atoms with Crippen molar-refractivity contribution in [3.63, 3.8) is 0 Å². The molecular weight excluding hydrogens is 270 g/mol. The van der Waals surface area contributed by atoms with E-state index in [2.05, 4.69) is 0 Å². The molecule has 0 bridgehead atoms. The third-order valence-corrected chi connectivity index (χ3v) is 3.95. The Labute approximate surface area is 123 Å². The number of aryl methyl sites for hydroxylation is 1. The van der Waals surface area contributed by atoms with E-state index in [0.717, 1.165) is 9.79 Å². The first-order chi connectivity index (χ1) is 9.61. The fourth-order valence-corrected chi connectivity index (χ4v) is 2.72. The van der Waals surface area contributed by atoms with Gasteiger partial charge < -0.3 is 10.5 Å². The molecular formula is C16H17NO2S. The third kappa shape index (κ3) is 3.33. The standard InChI is InChI=1S/C16H17NO2S/c1-3-19-16(18)13-5-4-6-14(17)15(13)20-12-9-7-11(2)8-10-12/h4-10H,3,17H2,1-2H3. The molecule has 3 nitrogen and oxygen atoms in total. The fraction of sp³-hybridized carbons (Fsp3) is 0.188. The molecule has 0 spiro atoms. The Morgan fingerprint density at radius 2 is 1.90 bits per heavy atom. The van der Waals surface area contributed by atoms with E-state index in [1.54, 1.807) is 25.1 Å². The molecule has 0 atom stereocenters. The van der Waals surface area contributed by atoms with Gasteiger partial charge in [0.2, 0.25) is 0 Å². The van der Waals surface area contributed by atoms with E-state index in [4.69, 9.17) is 10.5 Å². The lowest BCUT2D eigenvalue weighted by atomic mass is 10.2. The first-order valence-corrected chi connectivity index (χ1v) is 7.23. The number of benzene rings is 2. The molecule has 2 aromatic rings. The van der Waals surface area contributed by atoms with Crippen LogP contribution >= 0.6 is 11.8 Å². The van der Waals surface area contributed by atoms with Gasteiger partial charge in [0.15, 0.2) is 0 Å². The summed E-state index contributed by atoms with van der Waals surface area (Å²) >= 11 is 1.48. The number of nitrogens with two attached hydrogens (primary N) is 1. The van der Waals surface area contributed by atoms with E-state index < -0.39 is 0 Å². The Bertz CT molecular complexity index is 608. The van der Waals surface area contributed by atoms with Crippen molar-refractivity contribution in [2.45, 2.75) is 23.6 Å². The van der Waals surface area contributed by atoms with Gasteiger partial charge in [0, 0.05) is 15.5 Å². The molecule has 2 rings (SSSR count). The first-order valence-electron chi connectivity index (χ1n) is 6.42. The molecule has 0 saturated carbocycles. The SMILES string of the molecule is CCOC(=O)c1cccc(N)c1Sc1ccc(C)cc1. The number of hydrogen-bond acceptors (Lipinski definition) is 4. The van der Waals surface area contributed by atoms with Crippen molar-refractivity contribution in [2.24, 2.45) is 0 Å². The average molecular weight is 287 g/mol. The minimum absolute atomic E-state index is 0.339. The van der Waals surface area contributed by atoms with Crippen LogP contribution in [0.3, 0.4) is 0 Å². The van der Waals surface area contributed by atoms with E-state index in [9.17, 15) is 4.79 Å². The van der Waals surface area contributed by atoms with Gasteiger partial charge in [0.1, 0.15) is 0 Å². The number of carbonyl (C=O) groups excluding carboxylic acids is 1. The monoisotopic (exact) mass is 287 g/mol. The lowest BCUT2D eigenvalue weighted by Crippen LogP contribution is -2.07. The first kappa shape index (κ1) is 14.5. The average Bonchev–Trinajstić information content (AvgIpc) is 2.43. The van der Waals surface area contributed by atoms with Crippen molar-refractivity contribution < 1.29 is 9.53 Å². The van der Waals surface area contributed by atoms with Gasteiger partial charge in [-0.25, -0.2) is 4.79 Å². The predicted molar refractivity (Wildman–Crippen MR) is 82.1 cm³/mol. The van der Waals surface area contributed by atoms with E-state index >= 15 is 0 Å². The molecule has 0 saturated heterocycles. The fourth-order valence-electron chi connectivity index (χ4n) is 1.76. The Kier molecular flexibility index (Phi) is 4.69. The highest BCUT2D eigenvalue weighted by Gasteiger charge is 2.15. The zero-order valence-corrected chi connectivity index (χ0v) is 12.4. The minimum Gasteiger partial charge on any atom is -0.462 e. The maximum atomic E-state index is 12.0. The molecule has 20 heavy (non-hydrogen) atoms. The molecule has 0 fully saturated rings. The van der Waals surface area contributed by atoms with Crippen molar-refractivity contribution in [3.8, 4) is 0 Å². The lowest BCUT2D eigenvalue weighted by molar-refractivity contribution is 0.0522. The lowest BCUT2D eigenvalue weighted by Gasteiger charge is -2.11. The molecule has 0 heterocycles. The van der Waals surface area contributed by atoms with Gasteiger partial charge >= 0.3 is 5.97 Å². The van der Waals surface area contributed by atoms with E-state index in [0.29, 0.717) is 17.9 Å². The highest BCUT2D eigenvalue weighted by molar-refractivity contribution is 7.99. The van der Waals surface area contributed by atoms with Crippen molar-refractivity contribution in [1.82, 2.24) is 0 Å². The van der Waals surface area contributed by atoms with Gasteiger partial charge in [-0.05, 0) is 38.1 Å². The molecule has 0 radical (unpaired) electrons. The summed E-state index contributed by atoms with van der Waals surface area (Å²) in [4.78, 5) is 13.8. The van der Waals surface area contributed by atoms with Crippen LogP contribution < -0.4 is 5.73 Å². The molecule has 0 aliphatic rings. The van der Waals surface area contributed by atoms with Gasteiger partial charge in [-0.2, -0.15) is 0 Å². The topological polar surface area (TPSA) is 52.3 Å². The van der Waals surface area contributed by atoms with Crippen LogP contribution in [0.25, 0.3) is 0 Å². The summed E-state index contributed by atoms with van der Waals surface area (Å²) < 4.78 is 5.07.